The van der Waals surface area contributed by atoms with Crippen molar-refractivity contribution in [1.29, 1.82) is 0 Å². The summed E-state index contributed by atoms with van der Waals surface area (Å²) in [5.74, 6) is 0. The van der Waals surface area contributed by atoms with E-state index in [0.29, 0.717) is 13.2 Å². The molecule has 0 rings (SSSR count). The number of rotatable bonds is 4. The molecule has 0 aliphatic rings. The van der Waals surface area contributed by atoms with Gasteiger partial charge in [0.1, 0.15) is 0 Å². The fourth-order valence-electron chi connectivity index (χ4n) is 0.282. The minimum absolute atomic E-state index is 0.332. The number of hydrogen-bond acceptors (Lipinski definition) is 3. The van der Waals surface area contributed by atoms with Gasteiger partial charge in [-0.3, -0.25) is 0 Å². The van der Waals surface area contributed by atoms with Gasteiger partial charge in [-0.15, -0.1) is 0 Å². The minimum Gasteiger partial charge on any atom is -0.392 e. The Morgan fingerprint density at radius 1 is 1.75 bits per heavy atom. The van der Waals surface area contributed by atoms with Crippen LogP contribution in [0.25, 0.3) is 0 Å². The maximum atomic E-state index is 8.64. The second kappa shape index (κ2) is 5.03. The Morgan fingerprint density at radius 3 is 2.75 bits per heavy atom. The largest absolute Gasteiger partial charge is 0.392 e. The highest BCUT2D eigenvalue weighted by Crippen LogP contribution is 1.73. The average Bonchev–Trinajstić information content (AvgIpc) is 1.66. The predicted molar refractivity (Wildman–Crippen MR) is 31.3 cm³/mol. The van der Waals surface area contributed by atoms with Crippen molar-refractivity contribution in [3.8, 4) is 0 Å². The van der Waals surface area contributed by atoms with Gasteiger partial charge in [0.05, 0.1) is 12.7 Å². The van der Waals surface area contributed by atoms with Crippen LogP contribution in [0, 0.1) is 0 Å². The van der Waals surface area contributed by atoms with Crippen molar-refractivity contribution >= 4 is 0 Å². The van der Waals surface area contributed by atoms with Crippen molar-refractivity contribution in [2.24, 2.45) is 0 Å². The van der Waals surface area contributed by atoms with E-state index < -0.39 is 0 Å². The molecule has 1 unspecified atom stereocenters. The van der Waals surface area contributed by atoms with Gasteiger partial charge >= 0.3 is 0 Å². The quantitative estimate of drug-likeness (QED) is 0.401. The van der Waals surface area contributed by atoms with Crippen LogP contribution in [0.3, 0.4) is 0 Å². The Balaban J connectivity index is 2.72. The molecule has 2 N–H and O–H groups in total. The number of hydroxylamine groups is 1. The molecule has 0 amide bonds. The van der Waals surface area contributed by atoms with E-state index in [4.69, 9.17) is 9.94 Å². The van der Waals surface area contributed by atoms with Crippen molar-refractivity contribution in [2.75, 3.05) is 13.2 Å². The molecule has 0 fully saturated rings. The van der Waals surface area contributed by atoms with Crippen molar-refractivity contribution < 1.29 is 9.94 Å². The van der Waals surface area contributed by atoms with Gasteiger partial charge in [0.25, 0.3) is 0 Å². The van der Waals surface area contributed by atoms with Gasteiger partial charge in [0.15, 0.2) is 0 Å². The van der Waals surface area contributed by atoms with E-state index in [1.165, 1.54) is 0 Å². The summed E-state index contributed by atoms with van der Waals surface area (Å²) < 4.78 is 0. The summed E-state index contributed by atoms with van der Waals surface area (Å²) in [6, 6.07) is 0. The number of aliphatic hydroxyl groups is 1. The van der Waals surface area contributed by atoms with E-state index in [1.807, 2.05) is 6.92 Å². The molecule has 0 aliphatic heterocycles. The predicted octanol–water partition coefficient (Wildman–Crippen LogP) is -0.0917. The fourth-order valence-corrected chi connectivity index (χ4v) is 0.282. The average molecular weight is 119 g/mol. The van der Waals surface area contributed by atoms with Crippen molar-refractivity contribution in [3.05, 3.63) is 0 Å². The standard InChI is InChI=1S/C5H13NO2/c1-3-8-6-4-5(2)7/h5-7H,3-4H2,1-2H3. The van der Waals surface area contributed by atoms with Crippen LogP contribution in [-0.2, 0) is 4.84 Å². The van der Waals surface area contributed by atoms with Gasteiger partial charge in [-0.2, -0.15) is 5.48 Å². The van der Waals surface area contributed by atoms with Gasteiger partial charge < -0.3 is 9.94 Å². The van der Waals surface area contributed by atoms with Crippen molar-refractivity contribution in [2.45, 2.75) is 20.0 Å². The second-order valence-electron chi connectivity index (χ2n) is 1.63. The van der Waals surface area contributed by atoms with Crippen LogP contribution < -0.4 is 5.48 Å². The Bertz CT molecular complexity index is 47.7. The molecular weight excluding hydrogens is 106 g/mol. The van der Waals surface area contributed by atoms with Gasteiger partial charge in [0.2, 0.25) is 0 Å². The van der Waals surface area contributed by atoms with E-state index in [-0.39, 0.29) is 6.10 Å². The summed E-state index contributed by atoms with van der Waals surface area (Å²) >= 11 is 0. The molecule has 0 heterocycles. The van der Waals surface area contributed by atoms with Crippen LogP contribution in [0.5, 0.6) is 0 Å². The van der Waals surface area contributed by atoms with Gasteiger partial charge in [0, 0.05) is 6.54 Å². The first kappa shape index (κ1) is 7.88. The summed E-state index contributed by atoms with van der Waals surface area (Å²) in [6.45, 7) is 4.71. The lowest BCUT2D eigenvalue weighted by atomic mass is 10.4. The van der Waals surface area contributed by atoms with E-state index in [9.17, 15) is 0 Å². The lowest BCUT2D eigenvalue weighted by molar-refractivity contribution is 0.0253. The van der Waals surface area contributed by atoms with E-state index in [1.54, 1.807) is 6.92 Å². The molecule has 3 heteroatoms. The molecular formula is C5H13NO2. The Morgan fingerprint density at radius 2 is 2.38 bits per heavy atom. The van der Waals surface area contributed by atoms with E-state index in [0.717, 1.165) is 0 Å². The first-order chi connectivity index (χ1) is 3.77. The van der Waals surface area contributed by atoms with E-state index in [2.05, 4.69) is 5.48 Å². The maximum absolute atomic E-state index is 8.64. The third-order valence-corrected chi connectivity index (χ3v) is 0.625. The zero-order valence-electron chi connectivity index (χ0n) is 5.35. The molecule has 0 saturated carbocycles. The highest BCUT2D eigenvalue weighted by Gasteiger charge is 1.90. The Kier molecular flexibility index (Phi) is 4.95. The van der Waals surface area contributed by atoms with Gasteiger partial charge in [-0.05, 0) is 13.8 Å². The molecule has 0 radical (unpaired) electrons. The maximum Gasteiger partial charge on any atom is 0.0659 e. The summed E-state index contributed by atoms with van der Waals surface area (Å²) in [4.78, 5) is 4.73. The molecule has 0 aromatic carbocycles. The molecule has 0 aromatic heterocycles. The molecule has 0 spiro atoms. The van der Waals surface area contributed by atoms with Crippen molar-refractivity contribution in [1.82, 2.24) is 5.48 Å². The minimum atomic E-state index is -0.332. The monoisotopic (exact) mass is 119 g/mol. The smallest absolute Gasteiger partial charge is 0.0659 e. The number of nitrogens with one attached hydrogen (secondary N) is 1. The molecule has 0 bridgehead atoms. The first-order valence-electron chi connectivity index (χ1n) is 2.80. The lowest BCUT2D eigenvalue weighted by Gasteiger charge is -2.03. The molecule has 1 atom stereocenters. The van der Waals surface area contributed by atoms with Crippen LogP contribution in [0.1, 0.15) is 13.8 Å². The summed E-state index contributed by atoms with van der Waals surface area (Å²) in [7, 11) is 0. The summed E-state index contributed by atoms with van der Waals surface area (Å²) in [5, 5.41) is 8.64. The van der Waals surface area contributed by atoms with Crippen molar-refractivity contribution in [3.63, 3.8) is 0 Å². The van der Waals surface area contributed by atoms with E-state index >= 15 is 0 Å². The zero-order chi connectivity index (χ0) is 6.41. The normalized spacial score (nSPS) is 13.9. The van der Waals surface area contributed by atoms with Gasteiger partial charge in [-0.1, -0.05) is 0 Å². The summed E-state index contributed by atoms with van der Waals surface area (Å²) in [5.41, 5.74) is 2.58. The number of hydrogen-bond donors (Lipinski definition) is 2. The SMILES string of the molecule is CCONCC(C)O. The molecule has 0 aromatic rings. The fraction of sp³-hybridized carbons (Fsp3) is 1.00. The number of aliphatic hydroxyl groups excluding tert-OH is 1. The highest BCUT2D eigenvalue weighted by atomic mass is 16.6. The highest BCUT2D eigenvalue weighted by molar-refractivity contribution is 4.42. The molecule has 3 nitrogen and oxygen atoms in total. The van der Waals surface area contributed by atoms with Crippen LogP contribution in [0.2, 0.25) is 0 Å². The zero-order valence-corrected chi connectivity index (χ0v) is 5.35. The van der Waals surface area contributed by atoms with Crippen LogP contribution in [0.4, 0.5) is 0 Å². The topological polar surface area (TPSA) is 41.5 Å². The molecule has 50 valence electrons. The van der Waals surface area contributed by atoms with Crippen LogP contribution in [0.15, 0.2) is 0 Å². The van der Waals surface area contributed by atoms with Crippen LogP contribution in [-0.4, -0.2) is 24.4 Å². The second-order valence-corrected chi connectivity index (χ2v) is 1.63. The Hall–Kier alpha value is -0.120. The Labute approximate surface area is 49.6 Å². The third kappa shape index (κ3) is 5.88. The molecule has 8 heavy (non-hydrogen) atoms. The van der Waals surface area contributed by atoms with Crippen LogP contribution >= 0.6 is 0 Å². The molecule has 0 saturated heterocycles. The first-order valence-corrected chi connectivity index (χ1v) is 2.80. The molecule has 0 aliphatic carbocycles. The third-order valence-electron chi connectivity index (χ3n) is 0.625. The summed E-state index contributed by atoms with van der Waals surface area (Å²) in [6.07, 6.45) is -0.332. The van der Waals surface area contributed by atoms with Gasteiger partial charge in [-0.25, -0.2) is 0 Å². The lowest BCUT2D eigenvalue weighted by Crippen LogP contribution is -2.24.